The molecule has 7 nitrogen and oxygen atoms in total. The molecule has 2 aromatic carbocycles. The number of aromatic nitrogens is 3. The van der Waals surface area contributed by atoms with Crippen molar-refractivity contribution in [2.75, 3.05) is 0 Å². The molecule has 0 spiro atoms. The first-order valence-electron chi connectivity index (χ1n) is 8.87. The number of ether oxygens (including phenoxy) is 1. The minimum Gasteiger partial charge on any atom is -0.457 e. The second-order valence-corrected chi connectivity index (χ2v) is 6.21. The van der Waals surface area contributed by atoms with E-state index in [1.165, 1.54) is 0 Å². The summed E-state index contributed by atoms with van der Waals surface area (Å²) >= 11 is 0. The molecule has 2 N–H and O–H groups in total. The minimum absolute atomic E-state index is 0.308. The van der Waals surface area contributed by atoms with Crippen LogP contribution in [0.4, 0.5) is 0 Å². The fraction of sp³-hybridized carbons (Fsp3) is 0.250. The van der Waals surface area contributed by atoms with Gasteiger partial charge >= 0.3 is 0 Å². The van der Waals surface area contributed by atoms with E-state index in [0.717, 1.165) is 35.6 Å². The Morgan fingerprint density at radius 2 is 1.78 bits per heavy atom. The van der Waals surface area contributed by atoms with Crippen LogP contribution in [0.15, 0.2) is 60.8 Å². The molecule has 1 aromatic heterocycles. The molecule has 0 aliphatic carbocycles. The molecule has 0 radical (unpaired) electrons. The van der Waals surface area contributed by atoms with Gasteiger partial charge in [0.05, 0.1) is 12.2 Å². The molecule has 3 aromatic rings. The van der Waals surface area contributed by atoms with Crippen molar-refractivity contribution in [2.45, 2.75) is 32.2 Å². The molecule has 0 aliphatic heterocycles. The van der Waals surface area contributed by atoms with Crippen LogP contribution in [0.25, 0.3) is 0 Å². The van der Waals surface area contributed by atoms with Gasteiger partial charge in [0, 0.05) is 12.6 Å². The Labute approximate surface area is 157 Å². The number of benzene rings is 2. The maximum Gasteiger partial charge on any atom is 0.243 e. The van der Waals surface area contributed by atoms with Gasteiger partial charge in [-0.2, -0.15) is 0 Å². The SMILES string of the molecule is O=C(CCCCc1cn(Cc2ccc(Oc3ccccc3)cc2)nn1)NO. The van der Waals surface area contributed by atoms with Crippen molar-refractivity contribution >= 4 is 5.91 Å². The van der Waals surface area contributed by atoms with Crippen LogP contribution < -0.4 is 10.2 Å². The number of hydroxylamine groups is 1. The zero-order valence-electron chi connectivity index (χ0n) is 14.9. The van der Waals surface area contributed by atoms with Crippen LogP contribution in [0.3, 0.4) is 0 Å². The first-order valence-corrected chi connectivity index (χ1v) is 8.87. The molecule has 1 heterocycles. The number of hydrogen-bond donors (Lipinski definition) is 2. The molecule has 0 saturated heterocycles. The molecule has 140 valence electrons. The van der Waals surface area contributed by atoms with Gasteiger partial charge in [-0.1, -0.05) is 35.5 Å². The van der Waals surface area contributed by atoms with Gasteiger partial charge in [0.2, 0.25) is 5.91 Å². The van der Waals surface area contributed by atoms with Crippen molar-refractivity contribution in [3.8, 4) is 11.5 Å². The number of hydrogen-bond acceptors (Lipinski definition) is 5. The quantitative estimate of drug-likeness (QED) is 0.344. The van der Waals surface area contributed by atoms with Crippen LogP contribution in [0.1, 0.15) is 30.5 Å². The van der Waals surface area contributed by atoms with Crippen molar-refractivity contribution < 1.29 is 14.7 Å². The second kappa shape index (κ2) is 9.49. The summed E-state index contributed by atoms with van der Waals surface area (Å²) in [5.74, 6) is 1.23. The Kier molecular flexibility index (Phi) is 6.54. The van der Waals surface area contributed by atoms with E-state index in [2.05, 4.69) is 10.3 Å². The van der Waals surface area contributed by atoms with Crippen molar-refractivity contribution in [3.05, 3.63) is 72.1 Å². The molecular formula is C20H22N4O3. The van der Waals surface area contributed by atoms with Crippen molar-refractivity contribution in [1.29, 1.82) is 0 Å². The highest BCUT2D eigenvalue weighted by atomic mass is 16.5. The maximum atomic E-state index is 11.0. The molecule has 1 amide bonds. The lowest BCUT2D eigenvalue weighted by molar-refractivity contribution is -0.129. The Bertz CT molecular complexity index is 847. The summed E-state index contributed by atoms with van der Waals surface area (Å²) in [6, 6.07) is 17.6. The van der Waals surface area contributed by atoms with E-state index in [1.54, 1.807) is 10.2 Å². The van der Waals surface area contributed by atoms with Crippen LogP contribution in [0.2, 0.25) is 0 Å². The highest BCUT2D eigenvalue weighted by Crippen LogP contribution is 2.21. The van der Waals surface area contributed by atoms with Crippen LogP contribution in [0, 0.1) is 0 Å². The third-order valence-corrected chi connectivity index (χ3v) is 4.04. The van der Waals surface area contributed by atoms with Crippen molar-refractivity contribution in [3.63, 3.8) is 0 Å². The fourth-order valence-corrected chi connectivity index (χ4v) is 2.65. The first-order chi connectivity index (χ1) is 13.2. The molecule has 0 saturated carbocycles. The number of unbranched alkanes of at least 4 members (excludes halogenated alkanes) is 1. The van der Waals surface area contributed by atoms with Gasteiger partial charge in [0.15, 0.2) is 0 Å². The van der Waals surface area contributed by atoms with Gasteiger partial charge in [-0.3, -0.25) is 10.0 Å². The number of nitrogens with zero attached hydrogens (tertiary/aromatic N) is 3. The molecule has 0 atom stereocenters. The van der Waals surface area contributed by atoms with E-state index in [1.807, 2.05) is 60.8 Å². The standard InChI is InChI=1S/C20H22N4O3/c25-20(22-26)9-5-4-6-17-15-24(23-21-17)14-16-10-12-19(13-11-16)27-18-7-2-1-3-8-18/h1-3,7-8,10-13,15,26H,4-6,9,14H2,(H,22,25). The highest BCUT2D eigenvalue weighted by molar-refractivity contribution is 5.74. The normalized spacial score (nSPS) is 10.6. The zero-order valence-corrected chi connectivity index (χ0v) is 14.9. The average Bonchev–Trinajstić information content (AvgIpc) is 3.14. The number of carbonyl (C=O) groups is 1. The lowest BCUT2D eigenvalue weighted by Crippen LogP contribution is -2.17. The molecule has 0 bridgehead atoms. The second-order valence-electron chi connectivity index (χ2n) is 6.21. The number of carbonyl (C=O) groups excluding carboxylic acids is 1. The van der Waals surface area contributed by atoms with E-state index in [0.29, 0.717) is 19.4 Å². The minimum atomic E-state index is -0.363. The number of para-hydroxylation sites is 1. The van der Waals surface area contributed by atoms with Gasteiger partial charge in [0.25, 0.3) is 0 Å². The van der Waals surface area contributed by atoms with Gasteiger partial charge < -0.3 is 4.74 Å². The van der Waals surface area contributed by atoms with Crippen LogP contribution in [0.5, 0.6) is 11.5 Å². The number of rotatable bonds is 9. The zero-order chi connectivity index (χ0) is 18.9. The third-order valence-electron chi connectivity index (χ3n) is 4.04. The molecule has 0 aliphatic rings. The third kappa shape index (κ3) is 5.93. The lowest BCUT2D eigenvalue weighted by atomic mass is 10.1. The maximum absolute atomic E-state index is 11.0. The summed E-state index contributed by atoms with van der Waals surface area (Å²) in [6.07, 6.45) is 4.49. The van der Waals surface area contributed by atoms with E-state index < -0.39 is 0 Å². The number of aryl methyl sites for hydroxylation is 1. The summed E-state index contributed by atoms with van der Waals surface area (Å²) in [5.41, 5.74) is 3.63. The van der Waals surface area contributed by atoms with E-state index in [-0.39, 0.29) is 5.91 Å². The highest BCUT2D eigenvalue weighted by Gasteiger charge is 2.04. The van der Waals surface area contributed by atoms with Gasteiger partial charge in [-0.15, -0.1) is 5.10 Å². The summed E-state index contributed by atoms with van der Waals surface area (Å²) in [6.45, 7) is 0.630. The Balaban J connectivity index is 1.48. The molecule has 0 fully saturated rings. The van der Waals surface area contributed by atoms with E-state index >= 15 is 0 Å². The Morgan fingerprint density at radius 1 is 1.04 bits per heavy atom. The number of amides is 1. The fourth-order valence-electron chi connectivity index (χ4n) is 2.65. The predicted molar refractivity (Wildman–Crippen MR) is 99.6 cm³/mol. The largest absolute Gasteiger partial charge is 0.457 e. The van der Waals surface area contributed by atoms with Gasteiger partial charge in [-0.25, -0.2) is 10.2 Å². The lowest BCUT2D eigenvalue weighted by Gasteiger charge is -2.06. The first kappa shape index (κ1) is 18.6. The van der Waals surface area contributed by atoms with Gasteiger partial charge in [-0.05, 0) is 49.1 Å². The summed E-state index contributed by atoms with van der Waals surface area (Å²) in [7, 11) is 0. The van der Waals surface area contributed by atoms with Crippen molar-refractivity contribution in [1.82, 2.24) is 20.5 Å². The average molecular weight is 366 g/mol. The Hall–Kier alpha value is -3.19. The van der Waals surface area contributed by atoms with Crippen LogP contribution in [-0.4, -0.2) is 26.1 Å². The van der Waals surface area contributed by atoms with E-state index in [4.69, 9.17) is 9.94 Å². The Morgan fingerprint density at radius 3 is 2.52 bits per heavy atom. The van der Waals surface area contributed by atoms with Crippen LogP contribution >= 0.6 is 0 Å². The topological polar surface area (TPSA) is 89.3 Å². The monoisotopic (exact) mass is 366 g/mol. The molecule has 3 rings (SSSR count). The summed E-state index contributed by atoms with van der Waals surface area (Å²) in [4.78, 5) is 11.0. The summed E-state index contributed by atoms with van der Waals surface area (Å²) < 4.78 is 7.58. The van der Waals surface area contributed by atoms with Crippen LogP contribution in [-0.2, 0) is 17.8 Å². The summed E-state index contributed by atoms with van der Waals surface area (Å²) in [5, 5.41) is 16.8. The number of nitrogens with one attached hydrogen (secondary N) is 1. The molecule has 0 unspecified atom stereocenters. The molecule has 27 heavy (non-hydrogen) atoms. The molecular weight excluding hydrogens is 344 g/mol. The molecule has 7 heteroatoms. The predicted octanol–water partition coefficient (Wildman–Crippen LogP) is 3.34. The van der Waals surface area contributed by atoms with Gasteiger partial charge in [0.1, 0.15) is 11.5 Å². The van der Waals surface area contributed by atoms with E-state index in [9.17, 15) is 4.79 Å². The van der Waals surface area contributed by atoms with Crippen molar-refractivity contribution in [2.24, 2.45) is 0 Å². The smallest absolute Gasteiger partial charge is 0.243 e.